The molecule has 0 atom stereocenters. The van der Waals surface area contributed by atoms with Crippen molar-refractivity contribution in [1.29, 1.82) is 0 Å². The number of benzene rings is 1. The molecule has 0 heterocycles. The molecule has 0 saturated carbocycles. The second-order valence-corrected chi connectivity index (χ2v) is 2.91. The Hall–Kier alpha value is -0.970. The molecule has 12 heavy (non-hydrogen) atoms. The molecule has 0 bridgehead atoms. The molecular weight excluding hydrogens is 232 g/mol. The average molecular weight is 236 g/mol. The molecule has 0 spiro atoms. The lowest BCUT2D eigenvalue weighted by Crippen LogP contribution is -1.98. The van der Waals surface area contributed by atoms with Crippen molar-refractivity contribution in [1.82, 2.24) is 0 Å². The molecule has 0 aliphatic heterocycles. The summed E-state index contributed by atoms with van der Waals surface area (Å²) >= 11 is 2.74. The number of aldehydes is 1. The van der Waals surface area contributed by atoms with Gasteiger partial charge in [0.2, 0.25) is 0 Å². The molecule has 0 aromatic heterocycles. The van der Waals surface area contributed by atoms with Crippen LogP contribution < -0.4 is 5.73 Å². The topological polar surface area (TPSA) is 43.1 Å². The first kappa shape index (κ1) is 9.12. The smallest absolute Gasteiger partial charge is 0.175 e. The van der Waals surface area contributed by atoms with E-state index in [0.717, 1.165) is 6.07 Å². The molecule has 0 fully saturated rings. The predicted molar refractivity (Wildman–Crippen MR) is 43.9 cm³/mol. The second kappa shape index (κ2) is 3.18. The summed E-state index contributed by atoms with van der Waals surface area (Å²) in [5.41, 5.74) is 4.87. The van der Waals surface area contributed by atoms with Crippen molar-refractivity contribution in [3.8, 4) is 0 Å². The van der Waals surface area contributed by atoms with E-state index in [4.69, 9.17) is 5.73 Å². The van der Waals surface area contributed by atoms with Crippen molar-refractivity contribution in [2.24, 2.45) is 0 Å². The van der Waals surface area contributed by atoms with Crippen molar-refractivity contribution in [2.75, 3.05) is 5.73 Å². The standard InChI is InChI=1S/C7H4BrF2NO/c8-5-4(11)1-3(2-12)6(9)7(5)10/h1-2H,11H2. The van der Waals surface area contributed by atoms with Crippen LogP contribution in [0.1, 0.15) is 10.4 Å². The minimum absolute atomic E-state index is 0.00370. The maximum atomic E-state index is 12.8. The van der Waals surface area contributed by atoms with Crippen LogP contribution in [-0.4, -0.2) is 6.29 Å². The summed E-state index contributed by atoms with van der Waals surface area (Å²) in [4.78, 5) is 10.2. The Bertz CT molecular complexity index is 341. The number of nitrogen functional groups attached to an aromatic ring is 1. The summed E-state index contributed by atoms with van der Waals surface area (Å²) in [6, 6.07) is 1.06. The fourth-order valence-electron chi connectivity index (χ4n) is 0.730. The summed E-state index contributed by atoms with van der Waals surface area (Å²) in [6.45, 7) is 0. The first-order valence-corrected chi connectivity index (χ1v) is 3.75. The molecule has 0 aliphatic carbocycles. The van der Waals surface area contributed by atoms with Gasteiger partial charge in [-0.25, -0.2) is 8.78 Å². The zero-order chi connectivity index (χ0) is 9.30. The van der Waals surface area contributed by atoms with Crippen molar-refractivity contribution < 1.29 is 13.6 Å². The van der Waals surface area contributed by atoms with E-state index in [1.165, 1.54) is 0 Å². The third kappa shape index (κ3) is 1.32. The van der Waals surface area contributed by atoms with E-state index in [-0.39, 0.29) is 22.0 Å². The highest BCUT2D eigenvalue weighted by atomic mass is 79.9. The Morgan fingerprint density at radius 1 is 1.42 bits per heavy atom. The Labute approximate surface area is 75.5 Å². The fourth-order valence-corrected chi connectivity index (χ4v) is 1.02. The minimum atomic E-state index is -1.19. The lowest BCUT2D eigenvalue weighted by Gasteiger charge is -2.02. The number of nitrogens with two attached hydrogens (primary N) is 1. The van der Waals surface area contributed by atoms with Crippen molar-refractivity contribution in [3.63, 3.8) is 0 Å². The van der Waals surface area contributed by atoms with Gasteiger partial charge in [-0.05, 0) is 22.0 Å². The van der Waals surface area contributed by atoms with Crippen LogP contribution in [0.3, 0.4) is 0 Å². The van der Waals surface area contributed by atoms with Crippen LogP contribution in [0.2, 0.25) is 0 Å². The van der Waals surface area contributed by atoms with Crippen molar-refractivity contribution in [3.05, 3.63) is 27.7 Å². The van der Waals surface area contributed by atoms with Crippen LogP contribution in [0.15, 0.2) is 10.5 Å². The highest BCUT2D eigenvalue weighted by molar-refractivity contribution is 9.10. The van der Waals surface area contributed by atoms with Crippen LogP contribution in [0.25, 0.3) is 0 Å². The normalized spacial score (nSPS) is 9.92. The van der Waals surface area contributed by atoms with Gasteiger partial charge in [0, 0.05) is 5.69 Å². The molecule has 0 saturated heterocycles. The van der Waals surface area contributed by atoms with Crippen molar-refractivity contribution >= 4 is 27.9 Å². The summed E-state index contributed by atoms with van der Waals surface area (Å²) in [5, 5.41) is 0. The summed E-state index contributed by atoms with van der Waals surface area (Å²) in [5.74, 6) is -2.33. The van der Waals surface area contributed by atoms with Gasteiger partial charge in [0.25, 0.3) is 0 Å². The predicted octanol–water partition coefficient (Wildman–Crippen LogP) is 2.12. The van der Waals surface area contributed by atoms with Gasteiger partial charge in [-0.2, -0.15) is 0 Å². The van der Waals surface area contributed by atoms with Crippen LogP contribution in [0.4, 0.5) is 14.5 Å². The van der Waals surface area contributed by atoms with E-state index in [1.54, 1.807) is 0 Å². The maximum Gasteiger partial charge on any atom is 0.175 e. The Kier molecular flexibility index (Phi) is 2.42. The highest BCUT2D eigenvalue weighted by Gasteiger charge is 2.14. The van der Waals surface area contributed by atoms with Crippen LogP contribution in [0, 0.1) is 11.6 Å². The molecule has 0 radical (unpaired) electrons. The molecule has 64 valence electrons. The number of anilines is 1. The number of carbonyl (C=O) groups excluding carboxylic acids is 1. The van der Waals surface area contributed by atoms with E-state index in [9.17, 15) is 13.6 Å². The minimum Gasteiger partial charge on any atom is -0.398 e. The Balaban J connectivity index is 3.49. The lowest BCUT2D eigenvalue weighted by atomic mass is 10.2. The molecule has 0 unspecified atom stereocenters. The van der Waals surface area contributed by atoms with Gasteiger partial charge in [0.1, 0.15) is 0 Å². The SMILES string of the molecule is Nc1cc(C=O)c(F)c(F)c1Br. The molecule has 1 rings (SSSR count). The fraction of sp³-hybridized carbons (Fsp3) is 0. The number of rotatable bonds is 1. The maximum absolute atomic E-state index is 12.8. The van der Waals surface area contributed by atoms with E-state index in [1.807, 2.05) is 0 Å². The van der Waals surface area contributed by atoms with Crippen LogP contribution in [0.5, 0.6) is 0 Å². The zero-order valence-corrected chi connectivity index (χ0v) is 7.36. The molecule has 0 amide bonds. The third-order valence-electron chi connectivity index (χ3n) is 1.33. The van der Waals surface area contributed by atoms with E-state index < -0.39 is 11.6 Å². The van der Waals surface area contributed by atoms with E-state index in [0.29, 0.717) is 0 Å². The Morgan fingerprint density at radius 2 is 2.00 bits per heavy atom. The molecular formula is C7H4BrF2NO. The van der Waals surface area contributed by atoms with Gasteiger partial charge in [0.05, 0.1) is 10.0 Å². The summed E-state index contributed by atoms with van der Waals surface area (Å²) in [7, 11) is 0. The molecule has 0 aliphatic rings. The van der Waals surface area contributed by atoms with Gasteiger partial charge in [-0.1, -0.05) is 0 Å². The molecule has 5 heteroatoms. The molecule has 1 aromatic carbocycles. The van der Waals surface area contributed by atoms with Gasteiger partial charge in [0.15, 0.2) is 17.9 Å². The second-order valence-electron chi connectivity index (χ2n) is 2.11. The van der Waals surface area contributed by atoms with Gasteiger partial charge >= 0.3 is 0 Å². The summed E-state index contributed by atoms with van der Waals surface area (Å²) in [6.07, 6.45) is 0.210. The van der Waals surface area contributed by atoms with Gasteiger partial charge in [-0.15, -0.1) is 0 Å². The Morgan fingerprint density at radius 3 is 2.50 bits per heavy atom. The largest absolute Gasteiger partial charge is 0.398 e. The lowest BCUT2D eigenvalue weighted by molar-refractivity contribution is 0.111. The number of carbonyl (C=O) groups is 1. The number of halogens is 3. The summed E-state index contributed by atoms with van der Waals surface area (Å²) < 4.78 is 25.4. The first-order chi connectivity index (χ1) is 5.57. The quantitative estimate of drug-likeness (QED) is 0.461. The van der Waals surface area contributed by atoms with Gasteiger partial charge in [-0.3, -0.25) is 4.79 Å². The van der Waals surface area contributed by atoms with Crippen LogP contribution >= 0.6 is 15.9 Å². The van der Waals surface area contributed by atoms with E-state index >= 15 is 0 Å². The first-order valence-electron chi connectivity index (χ1n) is 2.96. The zero-order valence-electron chi connectivity index (χ0n) is 5.77. The number of hydrogen-bond acceptors (Lipinski definition) is 2. The molecule has 1 aromatic rings. The van der Waals surface area contributed by atoms with Crippen molar-refractivity contribution in [2.45, 2.75) is 0 Å². The monoisotopic (exact) mass is 235 g/mol. The van der Waals surface area contributed by atoms with Gasteiger partial charge < -0.3 is 5.73 Å². The highest BCUT2D eigenvalue weighted by Crippen LogP contribution is 2.26. The van der Waals surface area contributed by atoms with Crippen LogP contribution in [-0.2, 0) is 0 Å². The molecule has 2 nitrogen and oxygen atoms in total. The average Bonchev–Trinajstić information content (AvgIpc) is 2.08. The third-order valence-corrected chi connectivity index (χ3v) is 2.14. The number of hydrogen-bond donors (Lipinski definition) is 1. The van der Waals surface area contributed by atoms with E-state index in [2.05, 4.69) is 15.9 Å². The molecule has 2 N–H and O–H groups in total.